The molecule has 3 amide bonds. The van der Waals surface area contributed by atoms with Gasteiger partial charge in [-0.15, -0.1) is 5.11 Å². The van der Waals surface area contributed by atoms with Crippen LogP contribution in [0.4, 0.5) is 11.4 Å². The fourth-order valence-electron chi connectivity index (χ4n) is 3.09. The number of benzene rings is 1. The van der Waals surface area contributed by atoms with E-state index in [4.69, 9.17) is 11.7 Å². The first-order chi connectivity index (χ1) is 11.5. The number of nitrogens with one attached hydrogen (secondary N) is 1. The molecule has 24 heavy (non-hydrogen) atoms. The van der Waals surface area contributed by atoms with E-state index in [9.17, 15) is 14.4 Å². The van der Waals surface area contributed by atoms with Crippen LogP contribution in [0.5, 0.6) is 0 Å². The van der Waals surface area contributed by atoms with E-state index in [0.717, 1.165) is 0 Å². The van der Waals surface area contributed by atoms with Gasteiger partial charge in [-0.1, -0.05) is 11.3 Å². The zero-order valence-corrected chi connectivity index (χ0v) is 13.0. The third-order valence-corrected chi connectivity index (χ3v) is 4.20. The number of nitrogens with zero attached hydrogens (tertiary/aromatic N) is 4. The standard InChI is InChI=1S/C14H17N7O3/c1-7-17-8-3-2-4-9(18-19-15)12(8)14(24)20(7)10-5-6-11(22)21(16)13(10)23/h2-4,7,10,17H,5-6,16H2,1H3,(H2,15,18). The number of imide groups is 1. The van der Waals surface area contributed by atoms with E-state index < -0.39 is 24.0 Å². The minimum absolute atomic E-state index is 0.0976. The number of amides is 3. The highest BCUT2D eigenvalue weighted by Crippen LogP contribution is 2.35. The van der Waals surface area contributed by atoms with Crippen molar-refractivity contribution in [2.24, 2.45) is 22.0 Å². The molecule has 1 saturated heterocycles. The smallest absolute Gasteiger partial charge is 0.266 e. The maximum Gasteiger partial charge on any atom is 0.266 e. The van der Waals surface area contributed by atoms with Gasteiger partial charge in [-0.3, -0.25) is 14.4 Å². The van der Waals surface area contributed by atoms with Crippen LogP contribution in [0.2, 0.25) is 0 Å². The molecule has 10 nitrogen and oxygen atoms in total. The van der Waals surface area contributed by atoms with Crippen molar-refractivity contribution in [2.75, 3.05) is 5.32 Å². The summed E-state index contributed by atoms with van der Waals surface area (Å²) in [6.45, 7) is 1.75. The maximum absolute atomic E-state index is 13.0. The largest absolute Gasteiger partial charge is 0.365 e. The molecule has 0 spiro atoms. The molecule has 2 aliphatic heterocycles. The number of rotatable bonds is 2. The van der Waals surface area contributed by atoms with Crippen LogP contribution in [0, 0.1) is 0 Å². The predicted octanol–water partition coefficient (Wildman–Crippen LogP) is 0.249. The first-order valence-electron chi connectivity index (χ1n) is 7.40. The van der Waals surface area contributed by atoms with Crippen molar-refractivity contribution in [1.82, 2.24) is 9.91 Å². The summed E-state index contributed by atoms with van der Waals surface area (Å²) in [6, 6.07) is 4.23. The average Bonchev–Trinajstić information content (AvgIpc) is 2.55. The summed E-state index contributed by atoms with van der Waals surface area (Å²) < 4.78 is 0. The lowest BCUT2D eigenvalue weighted by atomic mass is 9.98. The summed E-state index contributed by atoms with van der Waals surface area (Å²) in [5, 5.41) is 10.7. The monoisotopic (exact) mass is 331 g/mol. The summed E-state index contributed by atoms with van der Waals surface area (Å²) in [5.74, 6) is 9.16. The van der Waals surface area contributed by atoms with Crippen LogP contribution in [0.1, 0.15) is 30.1 Å². The highest BCUT2D eigenvalue weighted by Gasteiger charge is 2.43. The Kier molecular flexibility index (Phi) is 3.89. The van der Waals surface area contributed by atoms with Gasteiger partial charge in [0.15, 0.2) is 0 Å². The lowest BCUT2D eigenvalue weighted by Gasteiger charge is -2.42. The molecule has 2 aliphatic rings. The summed E-state index contributed by atoms with van der Waals surface area (Å²) in [6.07, 6.45) is -0.134. The second-order valence-corrected chi connectivity index (χ2v) is 5.60. The summed E-state index contributed by atoms with van der Waals surface area (Å²) in [5.41, 5.74) is 1.16. The molecule has 3 rings (SSSR count). The van der Waals surface area contributed by atoms with Crippen molar-refractivity contribution in [2.45, 2.75) is 32.0 Å². The molecule has 0 saturated carbocycles. The Morgan fingerprint density at radius 2 is 2.04 bits per heavy atom. The van der Waals surface area contributed by atoms with Crippen molar-refractivity contribution >= 4 is 29.1 Å². The van der Waals surface area contributed by atoms with E-state index in [1.165, 1.54) is 4.90 Å². The molecular weight excluding hydrogens is 314 g/mol. The third-order valence-electron chi connectivity index (χ3n) is 4.20. The van der Waals surface area contributed by atoms with Crippen LogP contribution in [0.3, 0.4) is 0 Å². The number of nitrogens with two attached hydrogens (primary N) is 2. The fraction of sp³-hybridized carbons (Fsp3) is 0.357. The van der Waals surface area contributed by atoms with Gasteiger partial charge in [0.1, 0.15) is 11.7 Å². The number of carbonyl (C=O) groups excluding carboxylic acids is 3. The van der Waals surface area contributed by atoms with E-state index in [2.05, 4.69) is 15.7 Å². The molecule has 126 valence electrons. The lowest BCUT2D eigenvalue weighted by Crippen LogP contribution is -2.62. The molecule has 1 aromatic carbocycles. The number of hydrogen-bond acceptors (Lipinski definition) is 7. The number of hydrogen-bond donors (Lipinski definition) is 3. The van der Waals surface area contributed by atoms with E-state index in [1.54, 1.807) is 25.1 Å². The van der Waals surface area contributed by atoms with Gasteiger partial charge in [0, 0.05) is 6.42 Å². The van der Waals surface area contributed by atoms with Crippen LogP contribution in [0.25, 0.3) is 0 Å². The van der Waals surface area contributed by atoms with Gasteiger partial charge in [0.05, 0.1) is 17.4 Å². The van der Waals surface area contributed by atoms with Crippen molar-refractivity contribution in [3.8, 4) is 0 Å². The van der Waals surface area contributed by atoms with E-state index in [1.807, 2.05) is 0 Å². The normalized spacial score (nSPS) is 24.3. The molecule has 0 radical (unpaired) electrons. The fourth-order valence-corrected chi connectivity index (χ4v) is 3.09. The Morgan fingerprint density at radius 1 is 1.29 bits per heavy atom. The zero-order chi connectivity index (χ0) is 17.4. The van der Waals surface area contributed by atoms with Crippen molar-refractivity contribution in [3.05, 3.63) is 23.8 Å². The van der Waals surface area contributed by atoms with Gasteiger partial charge in [-0.05, 0) is 25.5 Å². The maximum atomic E-state index is 13.0. The number of hydrazine groups is 1. The molecule has 2 atom stereocenters. The average molecular weight is 331 g/mol. The summed E-state index contributed by atoms with van der Waals surface area (Å²) in [4.78, 5) is 38.3. The molecule has 0 aliphatic carbocycles. The van der Waals surface area contributed by atoms with Crippen molar-refractivity contribution in [3.63, 3.8) is 0 Å². The minimum Gasteiger partial charge on any atom is -0.365 e. The van der Waals surface area contributed by atoms with E-state index in [-0.39, 0.29) is 24.3 Å². The third kappa shape index (κ3) is 2.36. The van der Waals surface area contributed by atoms with Gasteiger partial charge in [-0.25, -0.2) is 10.9 Å². The molecule has 0 bridgehead atoms. The molecule has 10 heteroatoms. The van der Waals surface area contributed by atoms with Crippen LogP contribution in [-0.2, 0) is 9.59 Å². The topological polar surface area (TPSA) is 146 Å². The van der Waals surface area contributed by atoms with Gasteiger partial charge in [0.2, 0.25) is 5.91 Å². The van der Waals surface area contributed by atoms with Gasteiger partial charge in [-0.2, -0.15) is 0 Å². The minimum atomic E-state index is -0.821. The lowest BCUT2D eigenvalue weighted by molar-refractivity contribution is -0.153. The predicted molar refractivity (Wildman–Crippen MR) is 83.5 cm³/mol. The van der Waals surface area contributed by atoms with Crippen molar-refractivity contribution < 1.29 is 14.4 Å². The Labute approximate surface area is 137 Å². The zero-order valence-electron chi connectivity index (χ0n) is 13.0. The number of carbonyl (C=O) groups is 3. The highest BCUT2D eigenvalue weighted by atomic mass is 16.2. The van der Waals surface area contributed by atoms with Gasteiger partial charge in [0.25, 0.3) is 11.8 Å². The van der Waals surface area contributed by atoms with Crippen LogP contribution < -0.4 is 17.0 Å². The first kappa shape index (κ1) is 15.9. The molecule has 5 N–H and O–H groups in total. The molecule has 2 heterocycles. The Bertz CT molecular complexity index is 748. The van der Waals surface area contributed by atoms with Crippen LogP contribution in [0.15, 0.2) is 28.5 Å². The van der Waals surface area contributed by atoms with E-state index in [0.29, 0.717) is 16.4 Å². The molecular formula is C14H17N7O3. The van der Waals surface area contributed by atoms with Crippen LogP contribution in [-0.4, -0.2) is 39.8 Å². The van der Waals surface area contributed by atoms with Gasteiger partial charge < -0.3 is 16.1 Å². The Balaban J connectivity index is 2.01. The van der Waals surface area contributed by atoms with E-state index >= 15 is 0 Å². The second-order valence-electron chi connectivity index (χ2n) is 5.60. The number of fused-ring (bicyclic) bond motifs is 1. The quantitative estimate of drug-likeness (QED) is 0.233. The van der Waals surface area contributed by atoms with Crippen LogP contribution >= 0.6 is 0 Å². The van der Waals surface area contributed by atoms with Gasteiger partial charge >= 0.3 is 0 Å². The summed E-state index contributed by atoms with van der Waals surface area (Å²) >= 11 is 0. The number of piperidine rings is 1. The van der Waals surface area contributed by atoms with Crippen molar-refractivity contribution in [1.29, 1.82) is 0 Å². The first-order valence-corrected chi connectivity index (χ1v) is 7.40. The SMILES string of the molecule is CC1Nc2cccc(N=NN)c2C(=O)N1C1CCC(=O)N(N)C1=O. The Hall–Kier alpha value is -3.01. The number of anilines is 1. The molecule has 2 unspecified atom stereocenters. The molecule has 1 fully saturated rings. The highest BCUT2D eigenvalue weighted by molar-refractivity contribution is 6.09. The molecule has 1 aromatic rings. The molecule has 0 aromatic heterocycles. The Morgan fingerprint density at radius 3 is 2.75 bits per heavy atom. The summed E-state index contributed by atoms with van der Waals surface area (Å²) in [7, 11) is 0. The second kappa shape index (κ2) is 5.89.